The van der Waals surface area contributed by atoms with Crippen molar-refractivity contribution in [2.24, 2.45) is 5.92 Å². The molecule has 0 aromatic rings. The second-order valence-corrected chi connectivity index (χ2v) is 8.32. The molecule has 0 saturated carbocycles. The summed E-state index contributed by atoms with van der Waals surface area (Å²) in [5.41, 5.74) is 0. The quantitative estimate of drug-likeness (QED) is 0.699. The molecule has 3 aliphatic heterocycles. The van der Waals surface area contributed by atoms with Crippen LogP contribution in [0.1, 0.15) is 54.4 Å². The molecular formula is C18H30O7. The average Bonchev–Trinajstić information content (AvgIpc) is 2.96. The lowest BCUT2D eigenvalue weighted by molar-refractivity contribution is -0.242. The Balaban J connectivity index is 1.64. The third kappa shape index (κ3) is 4.34. The van der Waals surface area contributed by atoms with Crippen molar-refractivity contribution in [3.8, 4) is 0 Å². The van der Waals surface area contributed by atoms with Gasteiger partial charge in [-0.15, -0.1) is 0 Å². The van der Waals surface area contributed by atoms with Crippen LogP contribution in [-0.4, -0.2) is 54.9 Å². The summed E-state index contributed by atoms with van der Waals surface area (Å²) in [4.78, 5) is 11.9. The number of carbonyl (C=O) groups excluding carboxylic acids is 1. The van der Waals surface area contributed by atoms with E-state index in [1.807, 2.05) is 27.7 Å². The molecule has 0 aromatic carbocycles. The van der Waals surface area contributed by atoms with Crippen LogP contribution in [0.2, 0.25) is 0 Å². The molecular weight excluding hydrogens is 328 g/mol. The fourth-order valence-electron chi connectivity index (χ4n) is 3.48. The number of esters is 1. The van der Waals surface area contributed by atoms with Gasteiger partial charge in [-0.05, 0) is 40.0 Å². The first-order valence-corrected chi connectivity index (χ1v) is 9.09. The lowest BCUT2D eigenvalue weighted by Gasteiger charge is -2.36. The van der Waals surface area contributed by atoms with Gasteiger partial charge in [0.2, 0.25) is 0 Å². The van der Waals surface area contributed by atoms with Crippen molar-refractivity contribution in [1.29, 1.82) is 0 Å². The lowest BCUT2D eigenvalue weighted by Crippen LogP contribution is -2.56. The van der Waals surface area contributed by atoms with E-state index in [0.717, 1.165) is 6.42 Å². The minimum atomic E-state index is -0.751. The van der Waals surface area contributed by atoms with Crippen LogP contribution in [0.15, 0.2) is 0 Å². The third-order valence-electron chi connectivity index (χ3n) is 4.59. The molecule has 0 amide bonds. The highest BCUT2D eigenvalue weighted by Gasteiger charge is 2.60. The van der Waals surface area contributed by atoms with Crippen LogP contribution in [-0.2, 0) is 33.2 Å². The molecule has 3 rings (SSSR count). The van der Waals surface area contributed by atoms with Gasteiger partial charge in [0, 0.05) is 6.42 Å². The fraction of sp³-hybridized carbons (Fsp3) is 0.944. The van der Waals surface area contributed by atoms with Crippen molar-refractivity contribution < 1.29 is 33.2 Å². The smallest absolute Gasteiger partial charge is 0.305 e. The first kappa shape index (κ1) is 19.0. The number of rotatable bonds is 5. The van der Waals surface area contributed by atoms with Gasteiger partial charge in [-0.2, -0.15) is 0 Å². The van der Waals surface area contributed by atoms with E-state index >= 15 is 0 Å². The van der Waals surface area contributed by atoms with Crippen LogP contribution in [0.4, 0.5) is 0 Å². The largest absolute Gasteiger partial charge is 0.463 e. The van der Waals surface area contributed by atoms with Crippen molar-refractivity contribution in [2.75, 3.05) is 6.61 Å². The van der Waals surface area contributed by atoms with Gasteiger partial charge in [0.25, 0.3) is 0 Å². The molecule has 3 saturated heterocycles. The van der Waals surface area contributed by atoms with Crippen LogP contribution in [0, 0.1) is 5.92 Å². The molecule has 0 N–H and O–H groups in total. The Kier molecular flexibility index (Phi) is 5.16. The zero-order valence-corrected chi connectivity index (χ0v) is 15.9. The molecule has 0 radical (unpaired) electrons. The summed E-state index contributed by atoms with van der Waals surface area (Å²) in [7, 11) is 0. The van der Waals surface area contributed by atoms with Crippen LogP contribution in [0.25, 0.3) is 0 Å². The molecule has 3 fully saturated rings. The molecule has 0 spiro atoms. The Morgan fingerprint density at radius 2 is 1.56 bits per heavy atom. The predicted octanol–water partition coefficient (Wildman–Crippen LogP) is 2.36. The maximum atomic E-state index is 11.9. The summed E-state index contributed by atoms with van der Waals surface area (Å²) >= 11 is 0. The van der Waals surface area contributed by atoms with E-state index in [-0.39, 0.29) is 30.9 Å². The molecule has 25 heavy (non-hydrogen) atoms. The van der Waals surface area contributed by atoms with Gasteiger partial charge in [-0.3, -0.25) is 4.79 Å². The fourth-order valence-corrected chi connectivity index (χ4v) is 3.48. The summed E-state index contributed by atoms with van der Waals surface area (Å²) in [6, 6.07) is 0. The zero-order chi connectivity index (χ0) is 18.4. The van der Waals surface area contributed by atoms with Crippen molar-refractivity contribution in [3.05, 3.63) is 0 Å². The molecule has 7 nitrogen and oxygen atoms in total. The maximum Gasteiger partial charge on any atom is 0.305 e. The number of hydrogen-bond acceptors (Lipinski definition) is 7. The highest BCUT2D eigenvalue weighted by atomic mass is 16.9. The number of fused-ring (bicyclic) bond motifs is 3. The maximum absolute atomic E-state index is 11.9. The molecule has 0 bridgehead atoms. The Morgan fingerprint density at radius 3 is 2.24 bits per heavy atom. The minimum absolute atomic E-state index is 0.116. The second-order valence-electron chi connectivity index (χ2n) is 8.32. The molecule has 3 aliphatic rings. The monoisotopic (exact) mass is 358 g/mol. The van der Waals surface area contributed by atoms with Gasteiger partial charge in [0.1, 0.15) is 31.0 Å². The van der Waals surface area contributed by atoms with Gasteiger partial charge in [-0.25, -0.2) is 0 Å². The topological polar surface area (TPSA) is 72.5 Å². The van der Waals surface area contributed by atoms with Gasteiger partial charge in [0.05, 0.1) is 0 Å². The first-order valence-electron chi connectivity index (χ1n) is 9.09. The van der Waals surface area contributed by atoms with Gasteiger partial charge < -0.3 is 28.4 Å². The average molecular weight is 358 g/mol. The molecule has 144 valence electrons. The summed E-state index contributed by atoms with van der Waals surface area (Å²) in [6.45, 7) is 11.7. The highest BCUT2D eigenvalue weighted by molar-refractivity contribution is 5.69. The Morgan fingerprint density at radius 1 is 0.960 bits per heavy atom. The number of carbonyl (C=O) groups is 1. The van der Waals surface area contributed by atoms with Crippen molar-refractivity contribution >= 4 is 5.97 Å². The van der Waals surface area contributed by atoms with E-state index in [0.29, 0.717) is 12.3 Å². The molecule has 0 unspecified atom stereocenters. The van der Waals surface area contributed by atoms with Crippen molar-refractivity contribution in [3.63, 3.8) is 0 Å². The molecule has 0 aromatic heterocycles. The zero-order valence-electron chi connectivity index (χ0n) is 15.9. The minimum Gasteiger partial charge on any atom is -0.463 e. The van der Waals surface area contributed by atoms with Gasteiger partial charge in [-0.1, -0.05) is 13.8 Å². The Labute approximate surface area is 149 Å². The lowest BCUT2D eigenvalue weighted by atomic mass is 9.99. The summed E-state index contributed by atoms with van der Waals surface area (Å²) < 4.78 is 35.2. The van der Waals surface area contributed by atoms with E-state index in [9.17, 15) is 4.79 Å². The van der Waals surface area contributed by atoms with Gasteiger partial charge >= 0.3 is 5.97 Å². The molecule has 7 heteroatoms. The van der Waals surface area contributed by atoms with Crippen molar-refractivity contribution in [2.45, 2.75) is 96.7 Å². The SMILES string of the molecule is CC(C)CCC(=O)OC[C@H]1O[C@@H]2OC(C)(C)O[C@@H]2[C@H]2OC(C)(C)O[C@H]21. The summed E-state index contributed by atoms with van der Waals surface area (Å²) in [6.07, 6.45) is -0.864. The standard InChI is InChI=1S/C18H30O7/c1-10(2)7-8-12(19)20-9-11-13-14(23-17(3,4)22-13)15-16(21-11)25-18(5,6)24-15/h10-11,13-16H,7-9H2,1-6H3/t11-,13+,14+,15-,16-/m1/s1. The number of hydrogen-bond donors (Lipinski definition) is 0. The number of ether oxygens (including phenoxy) is 6. The van der Waals surface area contributed by atoms with E-state index in [2.05, 4.69) is 13.8 Å². The van der Waals surface area contributed by atoms with E-state index in [1.165, 1.54) is 0 Å². The first-order chi connectivity index (χ1) is 11.6. The predicted molar refractivity (Wildman–Crippen MR) is 87.6 cm³/mol. The second kappa shape index (κ2) is 6.78. The van der Waals surface area contributed by atoms with Crippen molar-refractivity contribution in [1.82, 2.24) is 0 Å². The summed E-state index contributed by atoms with van der Waals surface area (Å²) in [5.74, 6) is -1.26. The van der Waals surface area contributed by atoms with Crippen LogP contribution < -0.4 is 0 Å². The Hall–Kier alpha value is -0.730. The molecule has 3 heterocycles. The third-order valence-corrected chi connectivity index (χ3v) is 4.59. The van der Waals surface area contributed by atoms with E-state index in [1.54, 1.807) is 0 Å². The van der Waals surface area contributed by atoms with Crippen LogP contribution in [0.3, 0.4) is 0 Å². The van der Waals surface area contributed by atoms with Crippen LogP contribution in [0.5, 0.6) is 0 Å². The summed E-state index contributed by atoms with van der Waals surface area (Å²) in [5, 5.41) is 0. The van der Waals surface area contributed by atoms with Crippen LogP contribution >= 0.6 is 0 Å². The highest BCUT2D eigenvalue weighted by Crippen LogP contribution is 2.44. The molecule has 0 aliphatic carbocycles. The van der Waals surface area contributed by atoms with Gasteiger partial charge in [0.15, 0.2) is 17.9 Å². The molecule has 5 atom stereocenters. The van der Waals surface area contributed by atoms with E-state index in [4.69, 9.17) is 28.4 Å². The normalized spacial score (nSPS) is 38.4. The van der Waals surface area contributed by atoms with E-state index < -0.39 is 24.0 Å². The Bertz CT molecular complexity index is 502.